The monoisotopic (exact) mass is 284 g/mol. The lowest BCUT2D eigenvalue weighted by atomic mass is 10.2. The Hall–Kier alpha value is -2.63. The lowest BCUT2D eigenvalue weighted by Crippen LogP contribution is -2.37. The Morgan fingerprint density at radius 3 is 2.57 bits per heavy atom. The highest BCUT2D eigenvalue weighted by atomic mass is 16.2. The highest BCUT2D eigenvalue weighted by molar-refractivity contribution is 5.80. The van der Waals surface area contributed by atoms with Crippen molar-refractivity contribution in [2.75, 3.05) is 0 Å². The number of hydrogen-bond acceptors (Lipinski definition) is 3. The molecule has 0 spiro atoms. The number of aryl methyl sites for hydroxylation is 2. The number of fused-ring (bicyclic) bond motifs is 1. The highest BCUT2D eigenvalue weighted by Crippen LogP contribution is 2.20. The SMILES string of the molecule is Cn1c(=O)c2c(nc(C3=CC=CCC=C3)n2C)n(C)c1=O. The zero-order valence-electron chi connectivity index (χ0n) is 12.2. The Morgan fingerprint density at radius 2 is 1.81 bits per heavy atom. The van der Waals surface area contributed by atoms with Crippen LogP contribution in [0.25, 0.3) is 16.7 Å². The van der Waals surface area contributed by atoms with E-state index in [9.17, 15) is 9.59 Å². The highest BCUT2D eigenvalue weighted by Gasteiger charge is 2.18. The van der Waals surface area contributed by atoms with Crippen LogP contribution in [0.1, 0.15) is 12.2 Å². The number of aromatic nitrogens is 4. The van der Waals surface area contributed by atoms with Crippen molar-refractivity contribution in [3.05, 3.63) is 57.0 Å². The fourth-order valence-electron chi connectivity index (χ4n) is 2.51. The topological polar surface area (TPSA) is 61.8 Å². The smallest absolute Gasteiger partial charge is 0.321 e. The lowest BCUT2D eigenvalue weighted by molar-refractivity contribution is 0.705. The molecule has 1 aliphatic carbocycles. The van der Waals surface area contributed by atoms with Gasteiger partial charge < -0.3 is 4.57 Å². The molecule has 0 atom stereocenters. The van der Waals surface area contributed by atoms with Gasteiger partial charge in [-0.15, -0.1) is 0 Å². The van der Waals surface area contributed by atoms with Crippen LogP contribution >= 0.6 is 0 Å². The summed E-state index contributed by atoms with van der Waals surface area (Å²) in [5.74, 6) is 0.672. The molecule has 2 heterocycles. The average molecular weight is 284 g/mol. The van der Waals surface area contributed by atoms with Crippen LogP contribution < -0.4 is 11.2 Å². The standard InChI is InChI=1S/C15H16N4O2/c1-17-11-13(18(2)15(21)19(3)14(11)20)16-12(17)10-8-6-4-5-7-9-10/h4,6-9H,5H2,1-3H3. The maximum absolute atomic E-state index is 12.3. The normalized spacial score (nSPS) is 14.5. The third-order valence-electron chi connectivity index (χ3n) is 3.72. The molecule has 0 radical (unpaired) electrons. The minimum atomic E-state index is -0.373. The molecule has 0 fully saturated rings. The first kappa shape index (κ1) is 13.4. The Kier molecular flexibility index (Phi) is 3.01. The summed E-state index contributed by atoms with van der Waals surface area (Å²) in [5.41, 5.74) is 1.04. The second-order valence-electron chi connectivity index (χ2n) is 5.06. The van der Waals surface area contributed by atoms with Gasteiger partial charge in [0.15, 0.2) is 11.2 Å². The molecule has 0 unspecified atom stereocenters. The molecule has 2 aromatic heterocycles. The Morgan fingerprint density at radius 1 is 1.05 bits per heavy atom. The largest absolute Gasteiger partial charge is 0.332 e. The summed E-state index contributed by atoms with van der Waals surface area (Å²) in [4.78, 5) is 28.8. The van der Waals surface area contributed by atoms with Gasteiger partial charge in [-0.2, -0.15) is 0 Å². The maximum Gasteiger partial charge on any atom is 0.332 e. The fraction of sp³-hybridized carbons (Fsp3) is 0.267. The minimum Gasteiger partial charge on any atom is -0.321 e. The molecule has 0 N–H and O–H groups in total. The summed E-state index contributed by atoms with van der Waals surface area (Å²) >= 11 is 0. The van der Waals surface area contributed by atoms with Crippen LogP contribution in [-0.2, 0) is 21.1 Å². The molecule has 0 amide bonds. The van der Waals surface area contributed by atoms with Crippen LogP contribution in [0.5, 0.6) is 0 Å². The predicted molar refractivity (Wildman–Crippen MR) is 82.1 cm³/mol. The van der Waals surface area contributed by atoms with Gasteiger partial charge in [-0.3, -0.25) is 13.9 Å². The molecule has 3 rings (SSSR count). The number of nitrogens with zero attached hydrogens (tertiary/aromatic N) is 4. The number of hydrogen-bond donors (Lipinski definition) is 0. The minimum absolute atomic E-state index is 0.330. The number of rotatable bonds is 1. The van der Waals surface area contributed by atoms with E-state index in [1.54, 1.807) is 18.7 Å². The van der Waals surface area contributed by atoms with Gasteiger partial charge in [0.2, 0.25) is 0 Å². The van der Waals surface area contributed by atoms with E-state index < -0.39 is 0 Å². The summed E-state index contributed by atoms with van der Waals surface area (Å²) in [5, 5.41) is 0. The van der Waals surface area contributed by atoms with Crippen LogP contribution in [-0.4, -0.2) is 18.7 Å². The van der Waals surface area contributed by atoms with E-state index >= 15 is 0 Å². The molecular weight excluding hydrogens is 268 g/mol. The van der Waals surface area contributed by atoms with E-state index in [2.05, 4.69) is 4.98 Å². The van der Waals surface area contributed by atoms with E-state index in [-0.39, 0.29) is 11.2 Å². The van der Waals surface area contributed by atoms with Crippen LogP contribution in [0, 0.1) is 0 Å². The van der Waals surface area contributed by atoms with Crippen molar-refractivity contribution in [1.29, 1.82) is 0 Å². The third-order valence-corrected chi connectivity index (χ3v) is 3.72. The first-order valence-electron chi connectivity index (χ1n) is 6.68. The van der Waals surface area contributed by atoms with Crippen molar-refractivity contribution in [2.45, 2.75) is 6.42 Å². The molecule has 21 heavy (non-hydrogen) atoms. The van der Waals surface area contributed by atoms with Gasteiger partial charge in [0.1, 0.15) is 5.82 Å². The molecule has 2 aromatic rings. The summed E-state index contributed by atoms with van der Waals surface area (Å²) in [7, 11) is 4.89. The lowest BCUT2D eigenvalue weighted by Gasteiger charge is -2.03. The quantitative estimate of drug-likeness (QED) is 0.780. The molecule has 6 nitrogen and oxygen atoms in total. The van der Waals surface area contributed by atoms with Crippen molar-refractivity contribution < 1.29 is 0 Å². The van der Waals surface area contributed by atoms with E-state index in [0.717, 1.165) is 16.6 Å². The molecule has 0 saturated carbocycles. The molecule has 108 valence electrons. The summed E-state index contributed by atoms with van der Waals surface area (Å²) in [6.07, 6.45) is 10.8. The summed E-state index contributed by atoms with van der Waals surface area (Å²) in [6, 6.07) is 0. The van der Waals surface area contributed by atoms with E-state index in [1.165, 1.54) is 11.6 Å². The van der Waals surface area contributed by atoms with Gasteiger partial charge >= 0.3 is 5.69 Å². The van der Waals surface area contributed by atoms with Crippen LogP contribution in [0.3, 0.4) is 0 Å². The van der Waals surface area contributed by atoms with Crippen LogP contribution in [0.4, 0.5) is 0 Å². The Balaban J connectivity index is 2.41. The zero-order chi connectivity index (χ0) is 15.1. The van der Waals surface area contributed by atoms with Crippen LogP contribution in [0.15, 0.2) is 40.0 Å². The summed E-state index contributed by atoms with van der Waals surface area (Å²) < 4.78 is 4.24. The van der Waals surface area contributed by atoms with Crippen molar-refractivity contribution in [2.24, 2.45) is 21.1 Å². The molecule has 0 aromatic carbocycles. The van der Waals surface area contributed by atoms with Gasteiger partial charge in [0.05, 0.1) is 0 Å². The second-order valence-corrected chi connectivity index (χ2v) is 5.06. The predicted octanol–water partition coefficient (Wildman–Crippen LogP) is 0.870. The van der Waals surface area contributed by atoms with E-state index in [0.29, 0.717) is 17.0 Å². The van der Waals surface area contributed by atoms with Crippen molar-refractivity contribution in [1.82, 2.24) is 18.7 Å². The zero-order valence-corrected chi connectivity index (χ0v) is 12.2. The van der Waals surface area contributed by atoms with Crippen molar-refractivity contribution >= 4 is 16.7 Å². The fourth-order valence-corrected chi connectivity index (χ4v) is 2.51. The second kappa shape index (κ2) is 4.73. The molecule has 6 heteroatoms. The third kappa shape index (κ3) is 1.91. The van der Waals surface area contributed by atoms with Crippen molar-refractivity contribution in [3.8, 4) is 0 Å². The number of imidazole rings is 1. The Bertz CT molecular complexity index is 935. The van der Waals surface area contributed by atoms with E-state index in [4.69, 9.17) is 0 Å². The Labute approximate surface area is 121 Å². The summed E-state index contributed by atoms with van der Waals surface area (Å²) in [6.45, 7) is 0. The maximum atomic E-state index is 12.3. The molecular formula is C15H16N4O2. The van der Waals surface area contributed by atoms with Gasteiger partial charge in [-0.1, -0.05) is 30.4 Å². The molecule has 1 aliphatic rings. The van der Waals surface area contributed by atoms with Crippen molar-refractivity contribution in [3.63, 3.8) is 0 Å². The first-order chi connectivity index (χ1) is 10.0. The molecule has 0 bridgehead atoms. The first-order valence-corrected chi connectivity index (χ1v) is 6.68. The van der Waals surface area contributed by atoms with Crippen LogP contribution in [0.2, 0.25) is 0 Å². The van der Waals surface area contributed by atoms with Gasteiger partial charge in [0, 0.05) is 26.7 Å². The van der Waals surface area contributed by atoms with Gasteiger partial charge in [0.25, 0.3) is 5.56 Å². The molecule has 0 saturated heterocycles. The van der Waals surface area contributed by atoms with Gasteiger partial charge in [-0.05, 0) is 6.42 Å². The average Bonchev–Trinajstić information content (AvgIpc) is 2.68. The molecule has 0 aliphatic heterocycles. The van der Waals surface area contributed by atoms with Gasteiger partial charge in [-0.25, -0.2) is 9.78 Å². The van der Waals surface area contributed by atoms with E-state index in [1.807, 2.05) is 30.4 Å². The number of allylic oxidation sites excluding steroid dienone is 6.